The highest BCUT2D eigenvalue weighted by atomic mass is 16.2. The molecular formula is C14H13N3O2. The van der Waals surface area contributed by atoms with E-state index in [1.807, 2.05) is 18.2 Å². The van der Waals surface area contributed by atoms with E-state index in [0.717, 1.165) is 18.5 Å². The van der Waals surface area contributed by atoms with Crippen LogP contribution in [-0.2, 0) is 9.59 Å². The minimum atomic E-state index is -0.321. The normalized spacial score (nSPS) is 25.8. The van der Waals surface area contributed by atoms with Crippen LogP contribution in [0.15, 0.2) is 29.9 Å². The van der Waals surface area contributed by atoms with Crippen LogP contribution in [0.25, 0.3) is 0 Å². The van der Waals surface area contributed by atoms with Crippen LogP contribution in [0.4, 0.5) is 5.82 Å². The summed E-state index contributed by atoms with van der Waals surface area (Å²) in [6.45, 7) is 0. The van der Waals surface area contributed by atoms with Gasteiger partial charge in [0.25, 0.3) is 5.91 Å². The maximum atomic E-state index is 12.3. The smallest absolute Gasteiger partial charge is 0.263 e. The zero-order valence-electron chi connectivity index (χ0n) is 10.3. The molecule has 3 aliphatic rings. The van der Waals surface area contributed by atoms with Gasteiger partial charge >= 0.3 is 0 Å². The molecule has 19 heavy (non-hydrogen) atoms. The fourth-order valence-corrected chi connectivity index (χ4v) is 2.73. The molecule has 96 valence electrons. The third kappa shape index (κ3) is 1.51. The van der Waals surface area contributed by atoms with Crippen molar-refractivity contribution in [3.63, 3.8) is 0 Å². The molecular weight excluding hydrogens is 242 g/mol. The van der Waals surface area contributed by atoms with Gasteiger partial charge in [0.05, 0.1) is 5.92 Å². The number of nitrogens with one attached hydrogen (secondary N) is 1. The molecule has 5 heteroatoms. The van der Waals surface area contributed by atoms with Gasteiger partial charge in [-0.2, -0.15) is 5.10 Å². The van der Waals surface area contributed by atoms with Gasteiger partial charge < -0.3 is 0 Å². The van der Waals surface area contributed by atoms with Crippen LogP contribution < -0.4 is 4.90 Å². The van der Waals surface area contributed by atoms with E-state index in [2.05, 4.69) is 10.2 Å². The van der Waals surface area contributed by atoms with Crippen LogP contribution in [0, 0.1) is 5.92 Å². The third-order valence-corrected chi connectivity index (χ3v) is 3.96. The van der Waals surface area contributed by atoms with Crippen LogP contribution in [0.3, 0.4) is 0 Å². The van der Waals surface area contributed by atoms with E-state index in [1.54, 1.807) is 6.08 Å². The molecule has 2 heterocycles. The molecule has 2 amide bonds. The predicted molar refractivity (Wildman–Crippen MR) is 68.4 cm³/mol. The zero-order chi connectivity index (χ0) is 13.0. The zero-order valence-corrected chi connectivity index (χ0v) is 10.3. The average Bonchev–Trinajstić information content (AvgIpc) is 3.12. The molecule has 5 nitrogen and oxygen atoms in total. The quantitative estimate of drug-likeness (QED) is 0.817. The summed E-state index contributed by atoms with van der Waals surface area (Å²) >= 11 is 0. The highest BCUT2D eigenvalue weighted by molar-refractivity contribution is 6.29. The van der Waals surface area contributed by atoms with E-state index in [9.17, 15) is 9.59 Å². The first-order valence-corrected chi connectivity index (χ1v) is 6.56. The number of hydrogen-bond acceptors (Lipinski definition) is 3. The molecule has 1 saturated carbocycles. The second-order valence-corrected chi connectivity index (χ2v) is 5.27. The Morgan fingerprint density at radius 3 is 2.89 bits per heavy atom. The van der Waals surface area contributed by atoms with Crippen LogP contribution in [0.5, 0.6) is 0 Å². The van der Waals surface area contributed by atoms with E-state index in [4.69, 9.17) is 0 Å². The molecule has 1 saturated heterocycles. The minimum absolute atomic E-state index is 0.158. The maximum absolute atomic E-state index is 12.3. The topological polar surface area (TPSA) is 66.1 Å². The fourth-order valence-electron chi connectivity index (χ4n) is 2.73. The summed E-state index contributed by atoms with van der Waals surface area (Å²) in [7, 11) is 0. The molecule has 1 aliphatic heterocycles. The Morgan fingerprint density at radius 1 is 1.32 bits per heavy atom. The molecule has 2 aliphatic carbocycles. The first kappa shape index (κ1) is 10.7. The van der Waals surface area contributed by atoms with E-state index >= 15 is 0 Å². The molecule has 1 aromatic heterocycles. The lowest BCUT2D eigenvalue weighted by atomic mass is 9.94. The van der Waals surface area contributed by atoms with E-state index < -0.39 is 0 Å². The van der Waals surface area contributed by atoms with Gasteiger partial charge in [-0.05, 0) is 19.3 Å². The lowest BCUT2D eigenvalue weighted by molar-refractivity contribution is -0.122. The molecule has 4 rings (SSSR count). The van der Waals surface area contributed by atoms with Gasteiger partial charge in [0.15, 0.2) is 5.82 Å². The Labute approximate surface area is 110 Å². The Kier molecular flexibility index (Phi) is 2.07. The number of carbonyl (C=O) groups excluding carboxylic acids is 2. The Balaban J connectivity index is 1.70. The van der Waals surface area contributed by atoms with Gasteiger partial charge in [-0.3, -0.25) is 14.7 Å². The monoisotopic (exact) mass is 255 g/mol. The van der Waals surface area contributed by atoms with Crippen molar-refractivity contribution >= 4 is 17.6 Å². The van der Waals surface area contributed by atoms with Gasteiger partial charge in [0.2, 0.25) is 5.91 Å². The summed E-state index contributed by atoms with van der Waals surface area (Å²) in [6.07, 6.45) is 8.40. The largest absolute Gasteiger partial charge is 0.280 e. The van der Waals surface area contributed by atoms with Crippen LogP contribution in [0.2, 0.25) is 0 Å². The summed E-state index contributed by atoms with van der Waals surface area (Å²) in [6, 6.07) is 1.83. The average molecular weight is 255 g/mol. The number of rotatable bonds is 2. The van der Waals surface area contributed by atoms with Crippen molar-refractivity contribution in [2.75, 3.05) is 4.90 Å². The number of fused-ring (bicyclic) bond motifs is 1. The fraction of sp³-hybridized carbons (Fsp3) is 0.357. The van der Waals surface area contributed by atoms with Gasteiger partial charge in [0.1, 0.15) is 0 Å². The standard InChI is InChI=1S/C14H13N3O2/c18-13-9-3-1-2-4-10(9)14(19)17(13)12-7-11(15-16-12)8-5-6-8/h1-3,7-8,10H,4-6H2,(H,15,16). The highest BCUT2D eigenvalue weighted by Gasteiger charge is 2.45. The number of imide groups is 1. The van der Waals surface area contributed by atoms with Crippen molar-refractivity contribution in [3.8, 4) is 0 Å². The van der Waals surface area contributed by atoms with Gasteiger partial charge in [-0.1, -0.05) is 18.2 Å². The third-order valence-electron chi connectivity index (χ3n) is 3.96. The number of amides is 2. The van der Waals surface area contributed by atoms with Crippen LogP contribution in [0.1, 0.15) is 30.9 Å². The van der Waals surface area contributed by atoms with Crippen LogP contribution in [-0.4, -0.2) is 22.0 Å². The lowest BCUT2D eigenvalue weighted by Gasteiger charge is -2.10. The first-order chi connectivity index (χ1) is 9.25. The second kappa shape index (κ2) is 3.66. The molecule has 1 unspecified atom stereocenters. The Hall–Kier alpha value is -2.17. The first-order valence-electron chi connectivity index (χ1n) is 6.56. The number of H-pyrrole nitrogens is 1. The van der Waals surface area contributed by atoms with Crippen molar-refractivity contribution < 1.29 is 9.59 Å². The van der Waals surface area contributed by atoms with Crippen molar-refractivity contribution in [2.24, 2.45) is 5.92 Å². The number of carbonyl (C=O) groups is 2. The molecule has 0 spiro atoms. The van der Waals surface area contributed by atoms with E-state index in [-0.39, 0.29) is 17.7 Å². The molecule has 0 radical (unpaired) electrons. The summed E-state index contributed by atoms with van der Waals surface area (Å²) in [5.41, 5.74) is 1.61. The maximum Gasteiger partial charge on any atom is 0.263 e. The number of hydrogen-bond donors (Lipinski definition) is 1. The second-order valence-electron chi connectivity index (χ2n) is 5.27. The highest BCUT2D eigenvalue weighted by Crippen LogP contribution is 2.41. The summed E-state index contributed by atoms with van der Waals surface area (Å²) in [5.74, 6) is 0.255. The molecule has 1 aromatic rings. The van der Waals surface area contributed by atoms with Crippen LogP contribution >= 0.6 is 0 Å². The van der Waals surface area contributed by atoms with Gasteiger partial charge in [-0.25, -0.2) is 4.90 Å². The number of nitrogens with zero attached hydrogens (tertiary/aromatic N) is 2. The predicted octanol–water partition coefficient (Wildman–Crippen LogP) is 1.66. The van der Waals surface area contributed by atoms with Crippen molar-refractivity contribution in [2.45, 2.75) is 25.2 Å². The molecule has 2 fully saturated rings. The van der Waals surface area contributed by atoms with Crippen molar-refractivity contribution in [1.29, 1.82) is 0 Å². The molecule has 0 bridgehead atoms. The number of allylic oxidation sites excluding steroid dienone is 3. The van der Waals surface area contributed by atoms with Gasteiger partial charge in [0, 0.05) is 23.3 Å². The number of anilines is 1. The van der Waals surface area contributed by atoms with Crippen molar-refractivity contribution in [1.82, 2.24) is 10.2 Å². The molecule has 1 atom stereocenters. The van der Waals surface area contributed by atoms with Crippen molar-refractivity contribution in [3.05, 3.63) is 35.6 Å². The summed E-state index contributed by atoms with van der Waals surface area (Å²) < 4.78 is 0. The number of aromatic nitrogens is 2. The summed E-state index contributed by atoms with van der Waals surface area (Å²) in [5, 5.41) is 7.07. The molecule has 0 aromatic carbocycles. The van der Waals surface area contributed by atoms with E-state index in [0.29, 0.717) is 23.7 Å². The lowest BCUT2D eigenvalue weighted by Crippen LogP contribution is -2.30. The Morgan fingerprint density at radius 2 is 2.16 bits per heavy atom. The Bertz CT molecular complexity index is 637. The van der Waals surface area contributed by atoms with Gasteiger partial charge in [-0.15, -0.1) is 0 Å². The SMILES string of the molecule is O=C1C2=CC=CCC2C(=O)N1c1cc(C2CC2)[nH]n1. The minimum Gasteiger partial charge on any atom is -0.280 e. The number of aromatic amines is 1. The van der Waals surface area contributed by atoms with E-state index in [1.165, 1.54) is 4.90 Å². The molecule has 1 N–H and O–H groups in total. The summed E-state index contributed by atoms with van der Waals surface area (Å²) in [4.78, 5) is 25.8.